The first-order valence-corrected chi connectivity index (χ1v) is 9.12. The standard InChI is InChI=1S/C15H13IO3S/c1-20(18,19)15(16)14(17)13-9-7-12(8-10-13)11-5-3-2-4-6-11/h2-10,15H,1H3/t15-/m1/s1. The van der Waals surface area contributed by atoms with Crippen molar-refractivity contribution in [1.29, 1.82) is 0 Å². The van der Waals surface area contributed by atoms with Crippen molar-refractivity contribution in [2.75, 3.05) is 6.26 Å². The van der Waals surface area contributed by atoms with Crippen LogP contribution in [0.5, 0.6) is 0 Å². The number of sulfone groups is 1. The maximum Gasteiger partial charge on any atom is 0.190 e. The van der Waals surface area contributed by atoms with Crippen LogP contribution in [0.15, 0.2) is 54.6 Å². The van der Waals surface area contributed by atoms with Gasteiger partial charge in [-0.05, 0) is 11.1 Å². The second-order valence-electron chi connectivity index (χ2n) is 4.45. The second kappa shape index (κ2) is 6.05. The van der Waals surface area contributed by atoms with Crippen molar-refractivity contribution < 1.29 is 13.2 Å². The highest BCUT2D eigenvalue weighted by molar-refractivity contribution is 14.1. The van der Waals surface area contributed by atoms with Crippen molar-refractivity contribution in [2.45, 2.75) is 3.26 Å². The average molecular weight is 400 g/mol. The molecule has 104 valence electrons. The Hall–Kier alpha value is -1.21. The van der Waals surface area contributed by atoms with Crippen molar-refractivity contribution in [1.82, 2.24) is 0 Å². The maximum atomic E-state index is 12.1. The Bertz CT molecular complexity index is 707. The molecule has 2 aromatic carbocycles. The number of hydrogen-bond acceptors (Lipinski definition) is 3. The fourth-order valence-electron chi connectivity index (χ4n) is 1.78. The fourth-order valence-corrected chi connectivity index (χ4v) is 2.67. The summed E-state index contributed by atoms with van der Waals surface area (Å²) >= 11 is 1.66. The number of hydrogen-bond donors (Lipinski definition) is 0. The number of carbonyl (C=O) groups is 1. The van der Waals surface area contributed by atoms with Crippen LogP contribution in [0, 0.1) is 0 Å². The van der Waals surface area contributed by atoms with Gasteiger partial charge < -0.3 is 0 Å². The Kier molecular flexibility index (Phi) is 4.59. The Morgan fingerprint density at radius 1 is 0.950 bits per heavy atom. The van der Waals surface area contributed by atoms with E-state index in [0.29, 0.717) is 5.56 Å². The van der Waals surface area contributed by atoms with Gasteiger partial charge in [-0.3, -0.25) is 4.79 Å². The van der Waals surface area contributed by atoms with Crippen molar-refractivity contribution >= 4 is 38.2 Å². The zero-order chi connectivity index (χ0) is 14.8. The van der Waals surface area contributed by atoms with Gasteiger partial charge in [0.15, 0.2) is 18.9 Å². The highest BCUT2D eigenvalue weighted by Gasteiger charge is 2.26. The lowest BCUT2D eigenvalue weighted by Gasteiger charge is -2.08. The Balaban J connectivity index is 2.27. The van der Waals surface area contributed by atoms with E-state index in [2.05, 4.69) is 0 Å². The predicted octanol–water partition coefficient (Wildman–Crippen LogP) is 3.34. The van der Waals surface area contributed by atoms with Crippen molar-refractivity contribution in [3.63, 3.8) is 0 Å². The molecule has 0 saturated carbocycles. The third kappa shape index (κ3) is 3.46. The summed E-state index contributed by atoms with van der Waals surface area (Å²) in [5, 5.41) is 0. The van der Waals surface area contributed by atoms with Crippen molar-refractivity contribution in [2.24, 2.45) is 0 Å². The van der Waals surface area contributed by atoms with Crippen LogP contribution in [0.25, 0.3) is 11.1 Å². The van der Waals surface area contributed by atoms with Gasteiger partial charge in [0, 0.05) is 11.8 Å². The van der Waals surface area contributed by atoms with Gasteiger partial charge in [0.2, 0.25) is 0 Å². The van der Waals surface area contributed by atoms with Crippen LogP contribution in [0.1, 0.15) is 10.4 Å². The molecule has 0 heterocycles. The van der Waals surface area contributed by atoms with Crippen LogP contribution in [0.4, 0.5) is 0 Å². The van der Waals surface area contributed by atoms with Crippen LogP contribution >= 0.6 is 22.6 Å². The largest absolute Gasteiger partial charge is 0.292 e. The van der Waals surface area contributed by atoms with E-state index in [1.54, 1.807) is 34.7 Å². The summed E-state index contributed by atoms with van der Waals surface area (Å²) in [6.45, 7) is 0. The number of benzene rings is 2. The van der Waals surface area contributed by atoms with Gasteiger partial charge in [-0.15, -0.1) is 0 Å². The highest BCUT2D eigenvalue weighted by atomic mass is 127. The van der Waals surface area contributed by atoms with Crippen LogP contribution in [-0.2, 0) is 9.84 Å². The molecule has 2 rings (SSSR count). The first kappa shape index (κ1) is 15.2. The third-order valence-corrected chi connectivity index (χ3v) is 7.16. The first-order valence-electron chi connectivity index (χ1n) is 5.92. The number of Topliss-reactive ketones (excluding diaryl/α,β-unsaturated/α-hetero) is 1. The number of halogens is 1. The SMILES string of the molecule is CS(=O)(=O)[C@@H](I)C(=O)c1ccc(-c2ccccc2)cc1. The molecule has 0 saturated heterocycles. The molecule has 2 aromatic rings. The number of rotatable bonds is 4. The minimum atomic E-state index is -3.38. The molecule has 0 aliphatic heterocycles. The minimum absolute atomic E-state index is 0.382. The lowest BCUT2D eigenvalue weighted by Crippen LogP contribution is -2.23. The molecule has 5 heteroatoms. The molecule has 0 aliphatic carbocycles. The summed E-state index contributed by atoms with van der Waals surface area (Å²) in [6, 6.07) is 16.8. The van der Waals surface area contributed by atoms with Gasteiger partial charge in [-0.1, -0.05) is 77.2 Å². The van der Waals surface area contributed by atoms with Crippen molar-refractivity contribution in [3.8, 4) is 11.1 Å². The number of alkyl halides is 1. The molecule has 0 aromatic heterocycles. The van der Waals surface area contributed by atoms with E-state index in [9.17, 15) is 13.2 Å². The van der Waals surface area contributed by atoms with Gasteiger partial charge in [-0.2, -0.15) is 0 Å². The molecular formula is C15H13IO3S. The predicted molar refractivity (Wildman–Crippen MR) is 88.9 cm³/mol. The molecule has 0 bridgehead atoms. The third-order valence-electron chi connectivity index (χ3n) is 2.86. The van der Waals surface area contributed by atoms with Gasteiger partial charge in [0.25, 0.3) is 0 Å². The molecule has 20 heavy (non-hydrogen) atoms. The average Bonchev–Trinajstić information content (AvgIpc) is 2.46. The Morgan fingerprint density at radius 2 is 1.45 bits per heavy atom. The Labute approximate surface area is 132 Å². The fraction of sp³-hybridized carbons (Fsp3) is 0.133. The van der Waals surface area contributed by atoms with Crippen LogP contribution in [-0.4, -0.2) is 23.7 Å². The molecule has 3 nitrogen and oxygen atoms in total. The van der Waals surface area contributed by atoms with E-state index >= 15 is 0 Å². The topological polar surface area (TPSA) is 51.2 Å². The molecule has 0 unspecified atom stereocenters. The van der Waals surface area contributed by atoms with Crippen LogP contribution in [0.2, 0.25) is 0 Å². The molecule has 0 N–H and O–H groups in total. The summed E-state index contributed by atoms with van der Waals surface area (Å²) in [6.07, 6.45) is 1.07. The van der Waals surface area contributed by atoms with Gasteiger partial charge >= 0.3 is 0 Å². The van der Waals surface area contributed by atoms with Gasteiger partial charge in [0.05, 0.1) is 0 Å². The quantitative estimate of drug-likeness (QED) is 0.450. The van der Waals surface area contributed by atoms with Gasteiger partial charge in [0.1, 0.15) is 0 Å². The summed E-state index contributed by atoms with van der Waals surface area (Å²) in [5.41, 5.74) is 2.46. The van der Waals surface area contributed by atoms with Gasteiger partial charge in [-0.25, -0.2) is 8.42 Å². The minimum Gasteiger partial charge on any atom is -0.292 e. The highest BCUT2D eigenvalue weighted by Crippen LogP contribution is 2.21. The maximum absolute atomic E-state index is 12.1. The monoisotopic (exact) mass is 400 g/mol. The molecular weight excluding hydrogens is 387 g/mol. The summed E-state index contributed by atoms with van der Waals surface area (Å²) < 4.78 is 21.8. The summed E-state index contributed by atoms with van der Waals surface area (Å²) in [7, 11) is -3.38. The summed E-state index contributed by atoms with van der Waals surface area (Å²) in [4.78, 5) is 12.1. The second-order valence-corrected chi connectivity index (χ2v) is 8.67. The first-order chi connectivity index (χ1) is 9.39. The van der Waals surface area contributed by atoms with Crippen LogP contribution in [0.3, 0.4) is 0 Å². The molecule has 0 radical (unpaired) electrons. The Morgan fingerprint density at radius 3 is 1.95 bits per heavy atom. The zero-order valence-electron chi connectivity index (χ0n) is 10.8. The van der Waals surface area contributed by atoms with E-state index in [1.807, 2.05) is 42.5 Å². The van der Waals surface area contributed by atoms with Crippen molar-refractivity contribution in [3.05, 3.63) is 60.2 Å². The van der Waals surface area contributed by atoms with E-state index in [1.165, 1.54) is 0 Å². The van der Waals surface area contributed by atoms with E-state index in [0.717, 1.165) is 17.4 Å². The van der Waals surface area contributed by atoms with E-state index < -0.39 is 13.1 Å². The smallest absolute Gasteiger partial charge is 0.190 e. The molecule has 0 aliphatic rings. The van der Waals surface area contributed by atoms with E-state index in [4.69, 9.17) is 0 Å². The van der Waals surface area contributed by atoms with Crippen LogP contribution < -0.4 is 0 Å². The van der Waals surface area contributed by atoms with E-state index in [-0.39, 0.29) is 5.78 Å². The lowest BCUT2D eigenvalue weighted by atomic mass is 10.0. The molecule has 0 amide bonds. The zero-order valence-corrected chi connectivity index (χ0v) is 13.8. The normalized spacial score (nSPS) is 12.9. The summed E-state index contributed by atoms with van der Waals surface area (Å²) in [5.74, 6) is -0.382. The molecule has 0 fully saturated rings. The molecule has 0 spiro atoms. The lowest BCUT2D eigenvalue weighted by molar-refractivity contribution is 0.101. The number of ketones is 1. The number of carbonyl (C=O) groups excluding carboxylic acids is 1. The molecule has 1 atom stereocenters.